The van der Waals surface area contributed by atoms with Gasteiger partial charge in [-0.1, -0.05) is 52.3 Å². The molecular formula is C20H25BrN4O. The van der Waals surface area contributed by atoms with Crippen molar-refractivity contribution in [1.29, 1.82) is 0 Å². The smallest absolute Gasteiger partial charge is 0.226 e. The van der Waals surface area contributed by atoms with Crippen molar-refractivity contribution in [3.8, 4) is 0 Å². The van der Waals surface area contributed by atoms with Crippen LogP contribution in [-0.2, 0) is 4.79 Å². The number of nitrogens with one attached hydrogen (secondary N) is 3. The van der Waals surface area contributed by atoms with Crippen LogP contribution in [0, 0.1) is 6.92 Å². The lowest BCUT2D eigenvalue weighted by Crippen LogP contribution is -2.39. The van der Waals surface area contributed by atoms with Crippen molar-refractivity contribution in [2.75, 3.05) is 18.9 Å². The molecule has 26 heavy (non-hydrogen) atoms. The first kappa shape index (κ1) is 20.0. The number of aryl methyl sites for hydroxylation is 1. The van der Waals surface area contributed by atoms with Gasteiger partial charge in [0.1, 0.15) is 0 Å². The van der Waals surface area contributed by atoms with E-state index in [1.165, 1.54) is 5.56 Å². The Labute approximate surface area is 163 Å². The second kappa shape index (κ2) is 9.97. The van der Waals surface area contributed by atoms with Crippen molar-refractivity contribution in [2.24, 2.45) is 4.99 Å². The van der Waals surface area contributed by atoms with Gasteiger partial charge in [-0.3, -0.25) is 9.79 Å². The summed E-state index contributed by atoms with van der Waals surface area (Å²) in [5, 5.41) is 9.45. The van der Waals surface area contributed by atoms with Gasteiger partial charge in [-0.2, -0.15) is 0 Å². The molecule has 0 saturated heterocycles. The molecule has 0 fully saturated rings. The number of carbonyl (C=O) groups is 1. The van der Waals surface area contributed by atoms with Gasteiger partial charge in [0.05, 0.1) is 6.04 Å². The second-order valence-electron chi connectivity index (χ2n) is 6.03. The first-order chi connectivity index (χ1) is 12.5. The first-order valence-electron chi connectivity index (χ1n) is 8.57. The van der Waals surface area contributed by atoms with Crippen molar-refractivity contribution in [3.63, 3.8) is 0 Å². The lowest BCUT2D eigenvalue weighted by molar-refractivity contribution is -0.116. The van der Waals surface area contributed by atoms with Gasteiger partial charge in [0.25, 0.3) is 0 Å². The van der Waals surface area contributed by atoms with Gasteiger partial charge in [-0.25, -0.2) is 0 Å². The van der Waals surface area contributed by atoms with Crippen LogP contribution >= 0.6 is 15.9 Å². The van der Waals surface area contributed by atoms with Crippen LogP contribution in [0.25, 0.3) is 0 Å². The molecule has 1 unspecified atom stereocenters. The van der Waals surface area contributed by atoms with Crippen molar-refractivity contribution in [3.05, 3.63) is 64.1 Å². The highest BCUT2D eigenvalue weighted by Gasteiger charge is 2.09. The second-order valence-corrected chi connectivity index (χ2v) is 6.95. The van der Waals surface area contributed by atoms with E-state index in [9.17, 15) is 4.79 Å². The molecule has 2 rings (SSSR count). The molecule has 1 atom stereocenters. The number of hydrogen-bond donors (Lipinski definition) is 3. The van der Waals surface area contributed by atoms with Crippen LogP contribution in [0.4, 0.5) is 5.69 Å². The zero-order valence-electron chi connectivity index (χ0n) is 15.3. The topological polar surface area (TPSA) is 65.5 Å². The quantitative estimate of drug-likeness (QED) is 0.492. The standard InChI is InChI=1S/C20H25BrN4O/c1-14-9-10-17(21)13-18(14)25-19(26)11-12-23-20(22-3)24-15(2)16-7-5-4-6-8-16/h4-10,13,15H,11-12H2,1-3H3,(H,25,26)(H2,22,23,24). The minimum atomic E-state index is -0.0368. The number of hydrogen-bond acceptors (Lipinski definition) is 2. The zero-order valence-corrected chi connectivity index (χ0v) is 16.9. The van der Waals surface area contributed by atoms with E-state index in [0.29, 0.717) is 18.9 Å². The van der Waals surface area contributed by atoms with Crippen molar-refractivity contribution in [2.45, 2.75) is 26.3 Å². The highest BCUT2D eigenvalue weighted by molar-refractivity contribution is 9.10. The maximum absolute atomic E-state index is 12.2. The molecule has 0 saturated carbocycles. The number of aliphatic imine (C=N–C) groups is 1. The summed E-state index contributed by atoms with van der Waals surface area (Å²) in [6.45, 7) is 4.54. The Morgan fingerprint density at radius 3 is 2.62 bits per heavy atom. The monoisotopic (exact) mass is 416 g/mol. The molecular weight excluding hydrogens is 392 g/mol. The van der Waals surface area contributed by atoms with Gasteiger partial charge in [0.15, 0.2) is 5.96 Å². The van der Waals surface area contributed by atoms with E-state index >= 15 is 0 Å². The van der Waals surface area contributed by atoms with Crippen LogP contribution < -0.4 is 16.0 Å². The summed E-state index contributed by atoms with van der Waals surface area (Å²) in [7, 11) is 1.72. The number of nitrogens with zero attached hydrogens (tertiary/aromatic N) is 1. The Balaban J connectivity index is 1.80. The molecule has 0 heterocycles. The highest BCUT2D eigenvalue weighted by atomic mass is 79.9. The fourth-order valence-corrected chi connectivity index (χ4v) is 2.82. The lowest BCUT2D eigenvalue weighted by atomic mass is 10.1. The van der Waals surface area contributed by atoms with E-state index in [1.54, 1.807) is 7.05 Å². The van der Waals surface area contributed by atoms with Crippen LogP contribution in [0.3, 0.4) is 0 Å². The van der Waals surface area contributed by atoms with Crippen LogP contribution in [-0.4, -0.2) is 25.5 Å². The fraction of sp³-hybridized carbons (Fsp3) is 0.300. The molecule has 0 spiro atoms. The number of anilines is 1. The van der Waals surface area contributed by atoms with Crippen LogP contribution in [0.1, 0.15) is 30.5 Å². The molecule has 2 aromatic carbocycles. The number of halogens is 1. The Morgan fingerprint density at radius 2 is 1.92 bits per heavy atom. The maximum Gasteiger partial charge on any atom is 0.226 e. The van der Waals surface area contributed by atoms with Crippen molar-refractivity contribution >= 4 is 33.5 Å². The third kappa shape index (κ3) is 6.19. The molecule has 0 bridgehead atoms. The maximum atomic E-state index is 12.2. The number of amides is 1. The normalized spacial score (nSPS) is 12.4. The number of benzene rings is 2. The number of rotatable bonds is 6. The summed E-state index contributed by atoms with van der Waals surface area (Å²) in [5.74, 6) is 0.637. The average Bonchev–Trinajstić information content (AvgIpc) is 2.64. The third-order valence-electron chi connectivity index (χ3n) is 3.99. The number of carbonyl (C=O) groups excluding carboxylic acids is 1. The van der Waals surface area contributed by atoms with Crippen LogP contribution in [0.15, 0.2) is 58.0 Å². The van der Waals surface area contributed by atoms with Crippen LogP contribution in [0.2, 0.25) is 0 Å². The summed E-state index contributed by atoms with van der Waals surface area (Å²) >= 11 is 3.42. The molecule has 0 radical (unpaired) electrons. The Kier molecular flexibility index (Phi) is 7.66. The molecule has 5 nitrogen and oxygen atoms in total. The predicted molar refractivity (Wildman–Crippen MR) is 111 cm³/mol. The minimum absolute atomic E-state index is 0.0368. The van der Waals surface area contributed by atoms with E-state index in [2.05, 4.69) is 55.9 Å². The SMILES string of the molecule is CN=C(NCCC(=O)Nc1cc(Br)ccc1C)NC(C)c1ccccc1. The molecule has 2 aromatic rings. The fourth-order valence-electron chi connectivity index (χ4n) is 2.46. The molecule has 6 heteroatoms. The molecule has 138 valence electrons. The van der Waals surface area contributed by atoms with E-state index in [1.807, 2.05) is 43.3 Å². The molecule has 1 amide bonds. The predicted octanol–water partition coefficient (Wildman–Crippen LogP) is 4.01. The zero-order chi connectivity index (χ0) is 18.9. The Hall–Kier alpha value is -2.34. The van der Waals surface area contributed by atoms with E-state index in [0.717, 1.165) is 15.7 Å². The van der Waals surface area contributed by atoms with Gasteiger partial charge >= 0.3 is 0 Å². The molecule has 0 aromatic heterocycles. The largest absolute Gasteiger partial charge is 0.356 e. The van der Waals surface area contributed by atoms with Gasteiger partial charge in [0, 0.05) is 30.2 Å². The van der Waals surface area contributed by atoms with Gasteiger partial charge in [0.2, 0.25) is 5.91 Å². The lowest BCUT2D eigenvalue weighted by Gasteiger charge is -2.18. The van der Waals surface area contributed by atoms with Crippen molar-refractivity contribution < 1.29 is 4.79 Å². The number of guanidine groups is 1. The van der Waals surface area contributed by atoms with E-state index in [-0.39, 0.29) is 11.9 Å². The van der Waals surface area contributed by atoms with E-state index < -0.39 is 0 Å². The molecule has 0 aliphatic heterocycles. The Bertz CT molecular complexity index is 762. The third-order valence-corrected chi connectivity index (χ3v) is 4.49. The van der Waals surface area contributed by atoms with Crippen LogP contribution in [0.5, 0.6) is 0 Å². The van der Waals surface area contributed by atoms with Gasteiger partial charge < -0.3 is 16.0 Å². The summed E-state index contributed by atoms with van der Waals surface area (Å²) in [6, 6.07) is 16.1. The highest BCUT2D eigenvalue weighted by Crippen LogP contribution is 2.20. The summed E-state index contributed by atoms with van der Waals surface area (Å²) in [6.07, 6.45) is 0.354. The molecule has 0 aliphatic carbocycles. The molecule has 3 N–H and O–H groups in total. The minimum Gasteiger partial charge on any atom is -0.356 e. The summed E-state index contributed by atoms with van der Waals surface area (Å²) in [4.78, 5) is 16.4. The summed E-state index contributed by atoms with van der Waals surface area (Å²) < 4.78 is 0.941. The molecule has 0 aliphatic rings. The first-order valence-corrected chi connectivity index (χ1v) is 9.37. The Morgan fingerprint density at radius 1 is 1.19 bits per heavy atom. The summed E-state index contributed by atoms with van der Waals surface area (Å²) in [5.41, 5.74) is 3.03. The van der Waals surface area contributed by atoms with Gasteiger partial charge in [-0.15, -0.1) is 0 Å². The average molecular weight is 417 g/mol. The van der Waals surface area contributed by atoms with Gasteiger partial charge in [-0.05, 0) is 37.1 Å². The van der Waals surface area contributed by atoms with Crippen molar-refractivity contribution in [1.82, 2.24) is 10.6 Å². The van der Waals surface area contributed by atoms with E-state index in [4.69, 9.17) is 0 Å².